The molecule has 0 aromatic rings. The summed E-state index contributed by atoms with van der Waals surface area (Å²) in [4.78, 5) is 26.8. The number of fused-ring (bicyclic) bond motifs is 1. The van der Waals surface area contributed by atoms with Crippen molar-refractivity contribution >= 4 is 11.8 Å². The zero-order valence-corrected chi connectivity index (χ0v) is 15.5. The summed E-state index contributed by atoms with van der Waals surface area (Å²) in [7, 11) is 1.91. The maximum atomic E-state index is 12.7. The Labute approximate surface area is 145 Å². The van der Waals surface area contributed by atoms with Gasteiger partial charge in [0.25, 0.3) is 0 Å². The van der Waals surface area contributed by atoms with E-state index >= 15 is 0 Å². The van der Waals surface area contributed by atoms with E-state index in [2.05, 4.69) is 19.2 Å². The average molecular weight is 336 g/mol. The van der Waals surface area contributed by atoms with Gasteiger partial charge in [-0.05, 0) is 26.2 Å². The number of carbonyl (C=O) groups excluding carboxylic acids is 2. The van der Waals surface area contributed by atoms with Crippen LogP contribution in [0.4, 0.5) is 0 Å². The van der Waals surface area contributed by atoms with Crippen LogP contribution in [0, 0.1) is 17.3 Å². The van der Waals surface area contributed by atoms with Gasteiger partial charge in [0, 0.05) is 49.4 Å². The number of hydrogen-bond acceptors (Lipinski definition) is 3. The van der Waals surface area contributed by atoms with Crippen molar-refractivity contribution in [2.24, 2.45) is 17.3 Å². The van der Waals surface area contributed by atoms with E-state index in [0.29, 0.717) is 12.3 Å². The van der Waals surface area contributed by atoms with E-state index in [1.165, 1.54) is 0 Å². The lowest BCUT2D eigenvalue weighted by molar-refractivity contribution is -0.167. The first-order valence-corrected chi connectivity index (χ1v) is 9.50. The summed E-state index contributed by atoms with van der Waals surface area (Å²) < 4.78 is 5.82. The third-order valence-electron chi connectivity index (χ3n) is 6.44. The Morgan fingerprint density at radius 2 is 1.92 bits per heavy atom. The van der Waals surface area contributed by atoms with Gasteiger partial charge in [-0.3, -0.25) is 9.59 Å². The fraction of sp³-hybridized carbons (Fsp3) is 0.895. The van der Waals surface area contributed by atoms with Crippen molar-refractivity contribution < 1.29 is 14.3 Å². The average Bonchev–Trinajstić information content (AvgIpc) is 3.16. The molecule has 1 saturated heterocycles. The quantitative estimate of drug-likeness (QED) is 0.838. The smallest absolute Gasteiger partial charge is 0.224 e. The monoisotopic (exact) mass is 336 g/mol. The molecule has 5 nitrogen and oxygen atoms in total. The van der Waals surface area contributed by atoms with Crippen molar-refractivity contribution in [1.82, 2.24) is 10.2 Å². The highest BCUT2D eigenvalue weighted by molar-refractivity contribution is 5.81. The Balaban J connectivity index is 1.51. The number of nitrogens with one attached hydrogen (secondary N) is 1. The Kier molecular flexibility index (Phi) is 4.92. The van der Waals surface area contributed by atoms with E-state index in [1.807, 2.05) is 18.9 Å². The van der Waals surface area contributed by atoms with E-state index in [4.69, 9.17) is 4.74 Å². The Morgan fingerprint density at radius 3 is 2.58 bits per heavy atom. The molecule has 3 rings (SSSR count). The minimum absolute atomic E-state index is 0.0158. The zero-order valence-electron chi connectivity index (χ0n) is 15.5. The summed E-state index contributed by atoms with van der Waals surface area (Å²) in [5, 5.41) is 3.04. The van der Waals surface area contributed by atoms with Crippen molar-refractivity contribution in [3.05, 3.63) is 0 Å². The van der Waals surface area contributed by atoms with E-state index < -0.39 is 0 Å². The van der Waals surface area contributed by atoms with Crippen LogP contribution in [0.25, 0.3) is 0 Å². The minimum Gasteiger partial charge on any atom is -0.377 e. The molecule has 0 radical (unpaired) electrons. The molecule has 1 aliphatic heterocycles. The molecule has 0 unspecified atom stereocenters. The number of amides is 2. The normalized spacial score (nSPS) is 32.8. The fourth-order valence-corrected chi connectivity index (χ4v) is 5.24. The van der Waals surface area contributed by atoms with Crippen molar-refractivity contribution in [1.29, 1.82) is 0 Å². The molecule has 0 aromatic carbocycles. The molecule has 2 amide bonds. The summed E-state index contributed by atoms with van der Waals surface area (Å²) in [6.45, 7) is 7.13. The third-order valence-corrected chi connectivity index (χ3v) is 6.44. The summed E-state index contributed by atoms with van der Waals surface area (Å²) in [6.07, 6.45) is 5.99. The molecule has 4 atom stereocenters. The summed E-state index contributed by atoms with van der Waals surface area (Å²) in [6, 6.07) is 0.141. The minimum atomic E-state index is -0.105. The maximum Gasteiger partial charge on any atom is 0.224 e. The molecule has 0 bridgehead atoms. The van der Waals surface area contributed by atoms with Gasteiger partial charge >= 0.3 is 0 Å². The molecular weight excluding hydrogens is 304 g/mol. The van der Waals surface area contributed by atoms with Crippen LogP contribution in [0.15, 0.2) is 0 Å². The molecule has 136 valence electrons. The van der Waals surface area contributed by atoms with Crippen LogP contribution < -0.4 is 5.32 Å². The SMILES string of the molecule is C[C@H](CC(=O)N(C)[C@@H]1[C@@H]2CCO[C@@H]2C1(C)C)NC(=O)C1CCCC1. The highest BCUT2D eigenvalue weighted by atomic mass is 16.5. The highest BCUT2D eigenvalue weighted by Gasteiger charge is 2.61. The Morgan fingerprint density at radius 1 is 1.25 bits per heavy atom. The molecule has 0 aromatic heterocycles. The van der Waals surface area contributed by atoms with Gasteiger partial charge in [-0.2, -0.15) is 0 Å². The first-order valence-electron chi connectivity index (χ1n) is 9.50. The number of ether oxygens (including phenoxy) is 1. The molecule has 3 fully saturated rings. The van der Waals surface area contributed by atoms with Crippen molar-refractivity contribution in [3.63, 3.8) is 0 Å². The van der Waals surface area contributed by atoms with E-state index in [1.54, 1.807) is 0 Å². The molecule has 24 heavy (non-hydrogen) atoms. The second kappa shape index (κ2) is 6.66. The molecule has 3 aliphatic rings. The van der Waals surface area contributed by atoms with Crippen LogP contribution >= 0.6 is 0 Å². The largest absolute Gasteiger partial charge is 0.377 e. The van der Waals surface area contributed by atoms with Gasteiger partial charge in [-0.1, -0.05) is 26.7 Å². The highest BCUT2D eigenvalue weighted by Crippen LogP contribution is 2.54. The summed E-state index contributed by atoms with van der Waals surface area (Å²) in [5.41, 5.74) is 0.0158. The number of nitrogens with zero attached hydrogens (tertiary/aromatic N) is 1. The first kappa shape index (κ1) is 17.7. The summed E-state index contributed by atoms with van der Waals surface area (Å²) >= 11 is 0. The number of rotatable bonds is 5. The third kappa shape index (κ3) is 3.07. The van der Waals surface area contributed by atoms with Gasteiger partial charge < -0.3 is 15.0 Å². The van der Waals surface area contributed by atoms with Crippen molar-refractivity contribution in [2.45, 2.75) is 77.5 Å². The van der Waals surface area contributed by atoms with Gasteiger partial charge in [0.2, 0.25) is 11.8 Å². The van der Waals surface area contributed by atoms with Gasteiger partial charge in [-0.15, -0.1) is 0 Å². The predicted octanol–water partition coefficient (Wildman–Crippen LogP) is 2.34. The van der Waals surface area contributed by atoms with Crippen LogP contribution in [0.1, 0.15) is 59.3 Å². The van der Waals surface area contributed by atoms with E-state index in [-0.39, 0.29) is 41.3 Å². The Bertz CT molecular complexity index is 499. The predicted molar refractivity (Wildman–Crippen MR) is 92.4 cm³/mol. The van der Waals surface area contributed by atoms with Crippen LogP contribution in [0.2, 0.25) is 0 Å². The van der Waals surface area contributed by atoms with Crippen LogP contribution in [0.3, 0.4) is 0 Å². The van der Waals surface area contributed by atoms with E-state index in [0.717, 1.165) is 38.7 Å². The first-order chi connectivity index (χ1) is 11.3. The van der Waals surface area contributed by atoms with Crippen LogP contribution in [-0.2, 0) is 14.3 Å². The second-order valence-corrected chi connectivity index (χ2v) is 8.61. The fourth-order valence-electron chi connectivity index (χ4n) is 5.24. The topological polar surface area (TPSA) is 58.6 Å². The van der Waals surface area contributed by atoms with Crippen molar-refractivity contribution in [2.75, 3.05) is 13.7 Å². The Hall–Kier alpha value is -1.10. The molecule has 2 aliphatic carbocycles. The van der Waals surface area contributed by atoms with Crippen LogP contribution in [-0.4, -0.2) is 48.6 Å². The number of hydrogen-bond donors (Lipinski definition) is 1. The molecule has 5 heteroatoms. The second-order valence-electron chi connectivity index (χ2n) is 8.61. The van der Waals surface area contributed by atoms with Gasteiger partial charge in [0.05, 0.1) is 6.10 Å². The molecule has 1 N–H and O–H groups in total. The summed E-state index contributed by atoms with van der Waals surface area (Å²) in [5.74, 6) is 0.876. The maximum absolute atomic E-state index is 12.7. The lowest BCUT2D eigenvalue weighted by atomic mass is 9.56. The van der Waals surface area contributed by atoms with Gasteiger partial charge in [0.15, 0.2) is 0 Å². The van der Waals surface area contributed by atoms with E-state index in [9.17, 15) is 9.59 Å². The molecule has 0 spiro atoms. The van der Waals surface area contributed by atoms with Crippen molar-refractivity contribution in [3.8, 4) is 0 Å². The lowest BCUT2D eigenvalue weighted by Gasteiger charge is -2.57. The van der Waals surface area contributed by atoms with Crippen LogP contribution in [0.5, 0.6) is 0 Å². The van der Waals surface area contributed by atoms with Gasteiger partial charge in [0.1, 0.15) is 0 Å². The number of carbonyl (C=O) groups is 2. The standard InChI is InChI=1S/C19H32N2O3/c1-12(20-18(23)13-7-5-6-8-13)11-15(22)21(4)16-14-9-10-24-17(14)19(16,2)3/h12-14,16-17H,5-11H2,1-4H3,(H,20,23)/t12-,14+,16-,17+/m1/s1. The molecular formula is C19H32N2O3. The lowest BCUT2D eigenvalue weighted by Crippen LogP contribution is -2.67. The zero-order chi connectivity index (χ0) is 17.5. The molecule has 2 saturated carbocycles. The molecule has 1 heterocycles. The van der Waals surface area contributed by atoms with Gasteiger partial charge in [-0.25, -0.2) is 0 Å².